The fourth-order valence-corrected chi connectivity index (χ4v) is 2.49. The number of halogens is 1. The smallest absolute Gasteiger partial charge is 0.230 e. The van der Waals surface area contributed by atoms with E-state index in [1.807, 2.05) is 19.1 Å². The zero-order valence-corrected chi connectivity index (χ0v) is 13.4. The van der Waals surface area contributed by atoms with Crippen LogP contribution in [-0.4, -0.2) is 26.6 Å². The molecule has 0 fully saturated rings. The zero-order chi connectivity index (χ0) is 16.1. The van der Waals surface area contributed by atoms with Gasteiger partial charge in [-0.2, -0.15) is 15.0 Å². The summed E-state index contributed by atoms with van der Waals surface area (Å²) >= 11 is 6.98. The van der Waals surface area contributed by atoms with Crippen LogP contribution in [0.3, 0.4) is 0 Å². The lowest BCUT2D eigenvalue weighted by molar-refractivity contribution is -0.119. The molecular formula is C13H15ClN6OS. The number of anilines is 2. The van der Waals surface area contributed by atoms with Gasteiger partial charge in [0.25, 0.3) is 0 Å². The molecule has 0 spiro atoms. The average Bonchev–Trinajstić information content (AvgIpc) is 2.45. The van der Waals surface area contributed by atoms with Crippen molar-refractivity contribution in [1.29, 1.82) is 0 Å². The van der Waals surface area contributed by atoms with Crippen molar-refractivity contribution in [3.05, 3.63) is 34.9 Å². The molecule has 5 N–H and O–H groups in total. The van der Waals surface area contributed by atoms with Gasteiger partial charge in [0.2, 0.25) is 17.8 Å². The molecule has 0 bridgehead atoms. The molecule has 0 saturated heterocycles. The van der Waals surface area contributed by atoms with Crippen LogP contribution in [-0.2, 0) is 4.79 Å². The van der Waals surface area contributed by atoms with Gasteiger partial charge in [-0.1, -0.05) is 35.5 Å². The molecule has 1 aromatic heterocycles. The minimum atomic E-state index is -0.148. The Labute approximate surface area is 136 Å². The minimum absolute atomic E-state index is 0.0324. The van der Waals surface area contributed by atoms with Crippen molar-refractivity contribution in [2.45, 2.75) is 18.1 Å². The lowest BCUT2D eigenvalue weighted by atomic mass is 10.1. The molecule has 7 nitrogen and oxygen atoms in total. The van der Waals surface area contributed by atoms with E-state index in [2.05, 4.69) is 20.3 Å². The van der Waals surface area contributed by atoms with E-state index in [9.17, 15) is 4.79 Å². The maximum atomic E-state index is 11.9. The quantitative estimate of drug-likeness (QED) is 0.709. The first-order chi connectivity index (χ1) is 10.4. The van der Waals surface area contributed by atoms with Crippen LogP contribution in [0, 0.1) is 0 Å². The van der Waals surface area contributed by atoms with Crippen molar-refractivity contribution in [3.63, 3.8) is 0 Å². The number of hydrogen-bond donors (Lipinski definition) is 3. The Kier molecular flexibility index (Phi) is 5.40. The van der Waals surface area contributed by atoms with Crippen molar-refractivity contribution < 1.29 is 4.79 Å². The first-order valence-electron chi connectivity index (χ1n) is 6.38. The standard InChI is InChI=1S/C13H15ClN6OS/c1-7(8-2-4-9(14)5-3-8)17-10(21)6-22-13-19-11(15)18-12(16)20-13/h2-5,7H,6H2,1H3,(H,17,21)(H4,15,16,18,19,20)/t7-/m0/s1. The number of nitrogens with two attached hydrogens (primary N) is 2. The fourth-order valence-electron chi connectivity index (χ4n) is 1.70. The van der Waals surface area contributed by atoms with Gasteiger partial charge in [0.05, 0.1) is 11.8 Å². The van der Waals surface area contributed by atoms with Gasteiger partial charge in [-0.05, 0) is 24.6 Å². The van der Waals surface area contributed by atoms with E-state index >= 15 is 0 Å². The lowest BCUT2D eigenvalue weighted by Crippen LogP contribution is -2.28. The van der Waals surface area contributed by atoms with Gasteiger partial charge >= 0.3 is 0 Å². The Morgan fingerprint density at radius 2 is 1.82 bits per heavy atom. The number of amides is 1. The minimum Gasteiger partial charge on any atom is -0.368 e. The predicted octanol–water partition coefficient (Wildman–Crippen LogP) is 1.66. The van der Waals surface area contributed by atoms with E-state index in [0.29, 0.717) is 10.2 Å². The van der Waals surface area contributed by atoms with Crippen LogP contribution in [0.4, 0.5) is 11.9 Å². The van der Waals surface area contributed by atoms with Gasteiger partial charge in [0, 0.05) is 5.02 Å². The normalized spacial score (nSPS) is 11.9. The number of carbonyl (C=O) groups excluding carboxylic acids is 1. The Hall–Kier alpha value is -2.06. The summed E-state index contributed by atoms with van der Waals surface area (Å²) < 4.78 is 0. The SMILES string of the molecule is C[C@H](NC(=O)CSc1nc(N)nc(N)n1)c1ccc(Cl)cc1. The number of nitrogens with zero attached hydrogens (tertiary/aromatic N) is 3. The molecule has 0 aliphatic carbocycles. The van der Waals surface area contributed by atoms with Crippen LogP contribution in [0.2, 0.25) is 5.02 Å². The van der Waals surface area contributed by atoms with E-state index in [0.717, 1.165) is 17.3 Å². The molecule has 2 aromatic rings. The number of aromatic nitrogens is 3. The summed E-state index contributed by atoms with van der Waals surface area (Å²) in [4.78, 5) is 23.4. The molecule has 2 rings (SSSR count). The van der Waals surface area contributed by atoms with Crippen LogP contribution in [0.1, 0.15) is 18.5 Å². The van der Waals surface area contributed by atoms with Crippen LogP contribution in [0.15, 0.2) is 29.4 Å². The largest absolute Gasteiger partial charge is 0.368 e. The third-order valence-electron chi connectivity index (χ3n) is 2.73. The second-order valence-electron chi connectivity index (χ2n) is 4.46. The molecule has 1 amide bonds. The van der Waals surface area contributed by atoms with Crippen LogP contribution >= 0.6 is 23.4 Å². The number of thioether (sulfide) groups is 1. The highest BCUT2D eigenvalue weighted by Gasteiger charge is 2.11. The average molecular weight is 339 g/mol. The maximum Gasteiger partial charge on any atom is 0.230 e. The van der Waals surface area contributed by atoms with Gasteiger partial charge in [-0.3, -0.25) is 4.79 Å². The summed E-state index contributed by atoms with van der Waals surface area (Å²) in [7, 11) is 0. The van der Waals surface area contributed by atoms with Gasteiger partial charge < -0.3 is 16.8 Å². The third-order valence-corrected chi connectivity index (χ3v) is 3.83. The Bertz CT molecular complexity index is 646. The van der Waals surface area contributed by atoms with E-state index < -0.39 is 0 Å². The predicted molar refractivity (Wildman–Crippen MR) is 87.4 cm³/mol. The molecule has 0 saturated carbocycles. The van der Waals surface area contributed by atoms with Gasteiger partial charge in [-0.15, -0.1) is 0 Å². The molecule has 22 heavy (non-hydrogen) atoms. The monoisotopic (exact) mass is 338 g/mol. The highest BCUT2D eigenvalue weighted by molar-refractivity contribution is 7.99. The molecule has 0 aliphatic heterocycles. The zero-order valence-electron chi connectivity index (χ0n) is 11.8. The Morgan fingerprint density at radius 1 is 1.23 bits per heavy atom. The number of nitrogens with one attached hydrogen (secondary N) is 1. The number of hydrogen-bond acceptors (Lipinski definition) is 7. The number of benzene rings is 1. The topological polar surface area (TPSA) is 120 Å². The maximum absolute atomic E-state index is 11.9. The van der Waals surface area contributed by atoms with Crippen molar-refractivity contribution in [2.24, 2.45) is 0 Å². The summed E-state index contributed by atoms with van der Waals surface area (Å²) in [6, 6.07) is 7.18. The fraction of sp³-hybridized carbons (Fsp3) is 0.231. The molecule has 0 radical (unpaired) electrons. The molecule has 1 atom stereocenters. The van der Waals surface area contributed by atoms with Crippen LogP contribution in [0.25, 0.3) is 0 Å². The second kappa shape index (κ2) is 7.28. The highest BCUT2D eigenvalue weighted by Crippen LogP contribution is 2.17. The molecular weight excluding hydrogens is 324 g/mol. The van der Waals surface area contributed by atoms with E-state index in [-0.39, 0.29) is 29.6 Å². The Balaban J connectivity index is 1.88. The van der Waals surface area contributed by atoms with Crippen LogP contribution in [0.5, 0.6) is 0 Å². The van der Waals surface area contributed by atoms with Crippen molar-refractivity contribution >= 4 is 41.2 Å². The third kappa shape index (κ3) is 4.74. The van der Waals surface area contributed by atoms with E-state index in [1.165, 1.54) is 0 Å². The molecule has 116 valence electrons. The number of nitrogen functional groups attached to an aromatic ring is 2. The lowest BCUT2D eigenvalue weighted by Gasteiger charge is -2.14. The second-order valence-corrected chi connectivity index (χ2v) is 5.84. The van der Waals surface area contributed by atoms with Crippen molar-refractivity contribution in [1.82, 2.24) is 20.3 Å². The molecule has 1 aromatic carbocycles. The molecule has 0 unspecified atom stereocenters. The molecule has 0 aliphatic rings. The van der Waals surface area contributed by atoms with E-state index in [4.69, 9.17) is 23.1 Å². The summed E-state index contributed by atoms with van der Waals surface area (Å²) in [6.07, 6.45) is 0. The van der Waals surface area contributed by atoms with Crippen LogP contribution < -0.4 is 16.8 Å². The van der Waals surface area contributed by atoms with Crippen molar-refractivity contribution in [2.75, 3.05) is 17.2 Å². The summed E-state index contributed by atoms with van der Waals surface area (Å²) in [5.41, 5.74) is 11.9. The van der Waals surface area contributed by atoms with Gasteiger partial charge in [0.1, 0.15) is 0 Å². The summed E-state index contributed by atoms with van der Waals surface area (Å²) in [5.74, 6) is 0.0702. The Morgan fingerprint density at radius 3 is 2.41 bits per heavy atom. The molecule has 9 heteroatoms. The van der Waals surface area contributed by atoms with Crippen molar-refractivity contribution in [3.8, 4) is 0 Å². The summed E-state index contributed by atoms with van der Waals surface area (Å²) in [5, 5.41) is 3.85. The number of rotatable bonds is 5. The van der Waals surface area contributed by atoms with Gasteiger partial charge in [0.15, 0.2) is 5.16 Å². The number of carbonyl (C=O) groups is 1. The first-order valence-corrected chi connectivity index (χ1v) is 7.75. The highest BCUT2D eigenvalue weighted by atomic mass is 35.5. The first kappa shape index (κ1) is 16.3. The van der Waals surface area contributed by atoms with Gasteiger partial charge in [-0.25, -0.2) is 0 Å². The molecule has 1 heterocycles. The van der Waals surface area contributed by atoms with E-state index in [1.54, 1.807) is 12.1 Å². The summed E-state index contributed by atoms with van der Waals surface area (Å²) in [6.45, 7) is 1.89.